The summed E-state index contributed by atoms with van der Waals surface area (Å²) >= 11 is 0. The van der Waals surface area contributed by atoms with Crippen LogP contribution in [0.5, 0.6) is 11.5 Å². The van der Waals surface area contributed by atoms with Crippen molar-refractivity contribution in [3.05, 3.63) is 213 Å². The van der Waals surface area contributed by atoms with Crippen LogP contribution >= 0.6 is 31.3 Å². The predicted octanol–water partition coefficient (Wildman–Crippen LogP) is 3.03. The molecule has 5 aliphatic rings. The van der Waals surface area contributed by atoms with Crippen molar-refractivity contribution < 1.29 is 122 Å². The van der Waals surface area contributed by atoms with Crippen LogP contribution in [-0.2, 0) is 93.2 Å². The number of nitrogens with two attached hydrogens (primary N) is 4. The largest absolute Gasteiger partial charge is 0.497 e. The second-order valence-electron chi connectivity index (χ2n) is 30.9. The number of nitrogens with one attached hydrogen (secondary N) is 3. The van der Waals surface area contributed by atoms with Crippen LogP contribution in [0.25, 0.3) is 22.3 Å². The molecule has 0 bridgehead atoms. The van der Waals surface area contributed by atoms with Crippen molar-refractivity contribution in [2.24, 2.45) is 5.73 Å². The first-order valence-corrected chi connectivity index (χ1v) is 46.6. The van der Waals surface area contributed by atoms with Crippen LogP contribution in [0.3, 0.4) is 0 Å². The molecule has 12 heterocycles. The molecular formula is C76H94N18O32P4. The molecule has 0 aliphatic carbocycles. The van der Waals surface area contributed by atoms with E-state index in [-0.39, 0.29) is 76.9 Å². The number of H-pyrrole nitrogens is 3. The second kappa shape index (κ2) is 39.7. The van der Waals surface area contributed by atoms with E-state index in [1.165, 1.54) is 68.3 Å². The summed E-state index contributed by atoms with van der Waals surface area (Å²) in [7, 11) is -19.3. The van der Waals surface area contributed by atoms with Crippen LogP contribution in [0.4, 0.5) is 17.6 Å². The molecule has 4 unspecified atom stereocenters. The molecular weight excluding hydrogens is 1800 g/mol. The quantitative estimate of drug-likeness (QED) is 0.0149. The number of benzene rings is 3. The maximum Gasteiger partial charge on any atom is 0.472 e. The minimum atomic E-state index is -5.76. The number of aromatic amines is 3. The Kier molecular flexibility index (Phi) is 28.9. The number of aliphatic hydroxyl groups excluding tert-OH is 1. The van der Waals surface area contributed by atoms with E-state index in [1.54, 1.807) is 48.5 Å². The molecule has 20 atom stereocenters. The van der Waals surface area contributed by atoms with Gasteiger partial charge in [0.25, 0.3) is 16.7 Å². The molecule has 50 nitrogen and oxygen atoms in total. The number of aliphatic hydroxyl groups is 1. The van der Waals surface area contributed by atoms with E-state index in [2.05, 4.69) is 44.9 Å². The van der Waals surface area contributed by atoms with Gasteiger partial charge in [0.15, 0.2) is 28.9 Å². The topological polar surface area (TPSA) is 682 Å². The van der Waals surface area contributed by atoms with Gasteiger partial charge in [0, 0.05) is 62.0 Å². The van der Waals surface area contributed by atoms with E-state index >= 15 is 0 Å². The highest BCUT2D eigenvalue weighted by Crippen LogP contribution is 2.56. The third-order valence-corrected chi connectivity index (χ3v) is 26.3. The Labute approximate surface area is 734 Å². The van der Waals surface area contributed by atoms with E-state index < -0.39 is 215 Å². The Morgan fingerprint density at radius 1 is 0.492 bits per heavy atom. The zero-order valence-corrected chi connectivity index (χ0v) is 73.2. The number of anilines is 3. The Morgan fingerprint density at radius 2 is 0.977 bits per heavy atom. The van der Waals surface area contributed by atoms with Crippen LogP contribution in [0.1, 0.15) is 110 Å². The van der Waals surface area contributed by atoms with E-state index in [0.29, 0.717) is 54.0 Å². The number of rotatable bonds is 40. The highest BCUT2D eigenvalue weighted by molar-refractivity contribution is 7.48. The summed E-state index contributed by atoms with van der Waals surface area (Å²) in [6.45, 7) is -1.66. The van der Waals surface area contributed by atoms with E-state index in [4.69, 9.17) is 102 Å². The van der Waals surface area contributed by atoms with Crippen molar-refractivity contribution in [2.45, 2.75) is 169 Å². The smallest absolute Gasteiger partial charge is 0.472 e. The number of imidazole rings is 2. The maximum absolute atomic E-state index is 15.0. The third kappa shape index (κ3) is 21.3. The molecule has 0 spiro atoms. The maximum atomic E-state index is 15.0. The fourth-order valence-electron chi connectivity index (χ4n) is 15.8. The number of nitrogen functional groups attached to an aromatic ring is 3. The van der Waals surface area contributed by atoms with Gasteiger partial charge in [-0.15, -0.1) is 0 Å². The number of hydrogen-bond donors (Lipinski definition) is 12. The molecule has 0 amide bonds. The number of phosphoric ester groups is 4. The summed E-state index contributed by atoms with van der Waals surface area (Å²) in [6, 6.07) is 24.6. The fraction of sp³-hybridized carbons (Fsp3) is 0.474. The number of nitrogens with zero attached hydrogens (tertiary/aromatic N) is 11. The minimum absolute atomic E-state index is 0.0251. The van der Waals surface area contributed by atoms with Crippen molar-refractivity contribution >= 4 is 71.2 Å². The Balaban J connectivity index is 0.694. The van der Waals surface area contributed by atoms with Crippen molar-refractivity contribution in [3.8, 4) is 11.5 Å². The van der Waals surface area contributed by atoms with Crippen LogP contribution < -0.4 is 66.2 Å². The van der Waals surface area contributed by atoms with Gasteiger partial charge in [-0.05, 0) is 80.3 Å². The van der Waals surface area contributed by atoms with Gasteiger partial charge in [0.1, 0.15) is 121 Å². The Hall–Kier alpha value is -10.1. The summed E-state index contributed by atoms with van der Waals surface area (Å²) in [6.07, 6.45) is -17.3. The van der Waals surface area contributed by atoms with Gasteiger partial charge in [-0.1, -0.05) is 67.4 Å². The molecule has 700 valence electrons. The van der Waals surface area contributed by atoms with E-state index in [0.717, 1.165) is 26.2 Å². The Bertz CT molecular complexity index is 6240. The summed E-state index contributed by atoms with van der Waals surface area (Å²) < 4.78 is 167. The Morgan fingerprint density at radius 3 is 1.54 bits per heavy atom. The van der Waals surface area contributed by atoms with Gasteiger partial charge in [0.2, 0.25) is 5.95 Å². The lowest BCUT2D eigenvalue weighted by Gasteiger charge is -2.37. The molecule has 5 fully saturated rings. The average molecular weight is 1900 g/mol. The fourth-order valence-corrected chi connectivity index (χ4v) is 19.7. The number of methoxy groups -OCH3 is 2. The molecule has 5 aliphatic heterocycles. The monoisotopic (exact) mass is 1890 g/mol. The summed E-state index contributed by atoms with van der Waals surface area (Å²) in [5, 5.41) is 11.0. The first kappa shape index (κ1) is 94.5. The lowest BCUT2D eigenvalue weighted by Crippen LogP contribution is -2.41. The molecule has 3 aromatic carbocycles. The first-order valence-electron chi connectivity index (χ1n) is 40.6. The zero-order chi connectivity index (χ0) is 92.3. The SMILES string of the molecule is COc1ccc(C(OC[C@H]2O[C@@H](n3cnc4c(=O)[nH]c(N)nc43)C[C@@H]2OP(=O)(O)OC[C@H]2O[C@@H](n3cnc4c(N)ncnc43)C[C@@H]2OP(=O)(O)OC[C@H]2O[C@@H](n3cc(C)c(=O)[nH]c3=O)[C@H](OCCCCCCN)[C@@H]2OP(=O)(O)OC[C@H]2O[C@@H](n3ccc(N)nc3=O)C[C@@H]2OP(=O)(O)OC[C@H]2O[C@@H](n3cc(C)c(=O)[nH]c3=O)C[C@@H]2O)(c2ccccc2)c2ccc(OC)cc2)cc1. The normalized spacial score (nSPS) is 26.0. The predicted molar refractivity (Wildman–Crippen MR) is 449 cm³/mol. The van der Waals surface area contributed by atoms with Gasteiger partial charge in [0.05, 0.1) is 66.0 Å². The molecule has 15 rings (SSSR count). The minimum Gasteiger partial charge on any atom is -0.497 e. The lowest BCUT2D eigenvalue weighted by molar-refractivity contribution is -0.0939. The van der Waals surface area contributed by atoms with Crippen LogP contribution in [-0.4, -0.2) is 220 Å². The average Bonchev–Trinajstić information content (AvgIpc) is 1.10. The van der Waals surface area contributed by atoms with Crippen molar-refractivity contribution in [1.29, 1.82) is 0 Å². The first-order chi connectivity index (χ1) is 62.1. The van der Waals surface area contributed by atoms with Crippen LogP contribution in [0, 0.1) is 13.8 Å². The number of ether oxygens (including phenoxy) is 9. The molecule has 130 heavy (non-hydrogen) atoms. The number of hydrogen-bond acceptors (Lipinski definition) is 38. The van der Waals surface area contributed by atoms with Gasteiger partial charge >= 0.3 is 48.4 Å². The van der Waals surface area contributed by atoms with Crippen LogP contribution in [0.15, 0.2) is 151 Å². The second-order valence-corrected chi connectivity index (χ2v) is 36.5. The highest BCUT2D eigenvalue weighted by atomic mass is 31.2. The summed E-state index contributed by atoms with van der Waals surface area (Å²) in [5.41, 5.74) is 19.1. The molecule has 7 aromatic heterocycles. The molecule has 16 N–H and O–H groups in total. The number of fused-ring (bicyclic) bond motifs is 2. The molecule has 54 heteroatoms. The molecule has 10 aromatic rings. The van der Waals surface area contributed by atoms with Gasteiger partial charge in [-0.25, -0.2) is 52.6 Å². The molecule has 5 saturated heterocycles. The zero-order valence-electron chi connectivity index (χ0n) is 69.7. The number of unbranched alkanes of at least 4 members (excludes halogenated alkanes) is 3. The molecule has 0 saturated carbocycles. The van der Waals surface area contributed by atoms with Crippen LogP contribution in [0.2, 0.25) is 0 Å². The van der Waals surface area contributed by atoms with Gasteiger partial charge in [-0.2, -0.15) is 9.97 Å². The lowest BCUT2D eigenvalue weighted by atomic mass is 9.80. The number of aromatic nitrogens is 14. The third-order valence-electron chi connectivity index (χ3n) is 22.2. The van der Waals surface area contributed by atoms with Crippen molar-refractivity contribution in [1.82, 2.24) is 67.7 Å². The summed E-state index contributed by atoms with van der Waals surface area (Å²) in [5.74, 6) is 0.519. The number of phosphoric acid groups is 4. The van der Waals surface area contributed by atoms with E-state index in [9.17, 15) is 71.7 Å². The standard InChI is InChI=1S/C76H94N18O32P4/c1-40-30-91(74(100)88-68(40)96)57-26-47(95)51(118-57)33-114-127(102,103)124-49-27-58(90-24-22-56(78)85-73(90)99)120-53(49)35-116-130(108,109)126-63-55(122-71(64(63)112-25-11-6-5-10-23-77)92-31-41(2)69(97)89-75(92)101)36-117-129(106,107)125-50-29-59(93-38-83-61-65(79)81-37-82-66(61)93)121-54(50)34-115-128(104,105)123-48-28-60(94-39-84-62-67(94)86-72(80)87-70(62)98)119-52(48)32-113-76(42-12-8-7-9-13-42,43-14-18-45(110-3)19-15-43)44-16-20-46(111-4)21-17-44/h7-9,12-22,24,30-31,37-39,47-55,57-60,63-64,71,95H,5-6,10-11,23,25-29,32-36,77H2,1-4H3,(H,102,103)(H,104,105)(H,106,107)(H,108,109)(H2,78,85,99)(H2,79,81,82)(H,88,96,100)(H,89,97,101)(H3,80,86,87,98)/t47-,48-,49-,50-,51+,52+,53+,54+,55+,57+,58+,59+,60+,63+,64+,71+/m0/s1. The van der Waals surface area contributed by atoms with E-state index in [1.807, 2.05) is 30.3 Å². The molecule has 0 radical (unpaired) electrons. The number of aryl methyl sites for hydroxylation is 2. The van der Waals surface area contributed by atoms with Gasteiger partial charge < -0.3 is 90.2 Å². The highest BCUT2D eigenvalue weighted by Gasteiger charge is 2.55. The van der Waals surface area contributed by atoms with Gasteiger partial charge in [-0.3, -0.25) is 88.4 Å². The van der Waals surface area contributed by atoms with Crippen molar-refractivity contribution in [3.63, 3.8) is 0 Å². The van der Waals surface area contributed by atoms with Crippen molar-refractivity contribution in [2.75, 3.05) is 77.6 Å². The summed E-state index contributed by atoms with van der Waals surface area (Å²) in [4.78, 5) is 157.